The minimum absolute atomic E-state index is 0.0959. The Labute approximate surface area is 273 Å². The molecule has 0 spiro atoms. The molecule has 250 valence electrons. The number of piperidine rings is 1. The summed E-state index contributed by atoms with van der Waals surface area (Å²) < 4.78 is 104. The molecule has 4 heterocycles. The Kier molecular flexibility index (Phi) is 9.31. The van der Waals surface area contributed by atoms with Gasteiger partial charge >= 0.3 is 6.18 Å². The van der Waals surface area contributed by atoms with E-state index in [-0.39, 0.29) is 43.4 Å². The zero-order valence-corrected chi connectivity index (χ0v) is 27.1. The van der Waals surface area contributed by atoms with E-state index < -0.39 is 44.9 Å². The summed E-state index contributed by atoms with van der Waals surface area (Å²) in [6.45, 7) is 0.0395. The van der Waals surface area contributed by atoms with Gasteiger partial charge in [0.25, 0.3) is 10.0 Å². The van der Waals surface area contributed by atoms with E-state index in [4.69, 9.17) is 14.2 Å². The summed E-state index contributed by atoms with van der Waals surface area (Å²) in [6, 6.07) is 11.1. The van der Waals surface area contributed by atoms with Crippen LogP contribution in [0.15, 0.2) is 71.2 Å². The van der Waals surface area contributed by atoms with Gasteiger partial charge in [-0.1, -0.05) is 6.07 Å². The number of pyridine rings is 1. The third kappa shape index (κ3) is 6.61. The van der Waals surface area contributed by atoms with Crippen molar-refractivity contribution in [2.75, 3.05) is 31.7 Å². The summed E-state index contributed by atoms with van der Waals surface area (Å²) in [7, 11) is -1.61. The van der Waals surface area contributed by atoms with Crippen molar-refractivity contribution in [3.05, 3.63) is 88.9 Å². The van der Waals surface area contributed by atoms with E-state index >= 15 is 4.39 Å². The van der Waals surface area contributed by atoms with Gasteiger partial charge < -0.3 is 14.2 Å². The average Bonchev–Trinajstić information content (AvgIpc) is 3.61. The molecule has 2 aromatic heterocycles. The predicted molar refractivity (Wildman–Crippen MR) is 167 cm³/mol. The molecule has 47 heavy (non-hydrogen) atoms. The second-order valence-electron chi connectivity index (χ2n) is 11.2. The molecular weight excluding hydrogens is 661 g/mol. The molecule has 0 N–H and O–H groups in total. The van der Waals surface area contributed by atoms with Crippen molar-refractivity contribution in [1.29, 1.82) is 0 Å². The highest BCUT2D eigenvalue weighted by atomic mass is 32.2. The first-order valence-electron chi connectivity index (χ1n) is 14.8. The number of rotatable bonds is 9. The van der Waals surface area contributed by atoms with E-state index in [0.29, 0.717) is 34.7 Å². The standard InChI is InChI=1S/C32H32F4N4O5S2/c1-43-22-7-6-20(28(16-22)44-2)19-40(31-38-11-14-46-31)47(41,42)30-18-29-23(17-24(30)33)26(9-13-45-29)39-12-8-21(32(34,35)36)15-27(39)25-5-3-4-10-37-25/h3-7,10-11,14,16-18,21,26-27H,8-9,12-13,15,19H2,1-2H3/t21-,26?,27+/m1/s1. The predicted octanol–water partition coefficient (Wildman–Crippen LogP) is 6.93. The number of anilines is 1. The number of hydrogen-bond acceptors (Lipinski definition) is 9. The molecule has 6 rings (SSSR count). The molecule has 9 nitrogen and oxygen atoms in total. The van der Waals surface area contributed by atoms with Gasteiger partial charge in [0.05, 0.1) is 45.0 Å². The van der Waals surface area contributed by atoms with Crippen LogP contribution in [0.4, 0.5) is 22.7 Å². The molecule has 0 amide bonds. The number of thiazole rings is 1. The van der Waals surface area contributed by atoms with Crippen molar-refractivity contribution in [2.45, 2.75) is 49.0 Å². The van der Waals surface area contributed by atoms with Crippen LogP contribution in [0, 0.1) is 11.7 Å². The number of nitrogens with zero attached hydrogens (tertiary/aromatic N) is 4. The first-order valence-corrected chi connectivity index (χ1v) is 17.2. The lowest BCUT2D eigenvalue weighted by atomic mass is 9.85. The Bertz CT molecular complexity index is 1810. The summed E-state index contributed by atoms with van der Waals surface area (Å²) in [6.07, 6.45) is -1.31. The van der Waals surface area contributed by atoms with E-state index in [1.165, 1.54) is 26.6 Å². The van der Waals surface area contributed by atoms with Crippen LogP contribution in [0.2, 0.25) is 0 Å². The monoisotopic (exact) mass is 692 g/mol. The molecule has 3 atom stereocenters. The minimum Gasteiger partial charge on any atom is -0.497 e. The summed E-state index contributed by atoms with van der Waals surface area (Å²) in [4.78, 5) is 9.86. The molecule has 0 radical (unpaired) electrons. The fourth-order valence-electron chi connectivity index (χ4n) is 6.28. The molecule has 4 aromatic rings. The fourth-order valence-corrected chi connectivity index (χ4v) is 8.61. The number of hydrogen-bond donors (Lipinski definition) is 0. The molecular formula is C32H32F4N4O5S2. The number of halogens is 4. The van der Waals surface area contributed by atoms with Crippen molar-refractivity contribution in [2.24, 2.45) is 5.92 Å². The van der Waals surface area contributed by atoms with Crippen molar-refractivity contribution >= 4 is 26.5 Å². The first-order chi connectivity index (χ1) is 22.5. The van der Waals surface area contributed by atoms with Gasteiger partial charge in [-0.05, 0) is 43.2 Å². The molecule has 1 saturated heterocycles. The lowest BCUT2D eigenvalue weighted by Gasteiger charge is -2.45. The Morgan fingerprint density at radius 1 is 1.04 bits per heavy atom. The van der Waals surface area contributed by atoms with Crippen LogP contribution in [0.25, 0.3) is 0 Å². The lowest BCUT2D eigenvalue weighted by Crippen LogP contribution is -2.44. The molecule has 0 aliphatic carbocycles. The van der Waals surface area contributed by atoms with E-state index in [0.717, 1.165) is 27.8 Å². The van der Waals surface area contributed by atoms with Crippen LogP contribution < -0.4 is 18.5 Å². The summed E-state index contributed by atoms with van der Waals surface area (Å²) in [5, 5.41) is 1.73. The molecule has 0 bridgehead atoms. The van der Waals surface area contributed by atoms with E-state index in [9.17, 15) is 21.6 Å². The molecule has 2 aliphatic heterocycles. The normalized spacial score (nSPS) is 20.3. The molecule has 2 aromatic carbocycles. The highest BCUT2D eigenvalue weighted by Gasteiger charge is 2.47. The zero-order valence-electron chi connectivity index (χ0n) is 25.5. The Morgan fingerprint density at radius 2 is 1.87 bits per heavy atom. The molecule has 15 heteroatoms. The second-order valence-corrected chi connectivity index (χ2v) is 14.0. The van der Waals surface area contributed by atoms with Crippen LogP contribution in [0.3, 0.4) is 0 Å². The zero-order chi connectivity index (χ0) is 33.3. The van der Waals surface area contributed by atoms with E-state index in [1.807, 2.05) is 4.90 Å². The highest BCUT2D eigenvalue weighted by Crippen LogP contribution is 2.48. The van der Waals surface area contributed by atoms with Gasteiger partial charge in [0.15, 0.2) is 5.13 Å². The largest absolute Gasteiger partial charge is 0.497 e. The van der Waals surface area contributed by atoms with Gasteiger partial charge in [-0.25, -0.2) is 22.1 Å². The average molecular weight is 693 g/mol. The number of benzene rings is 2. The summed E-state index contributed by atoms with van der Waals surface area (Å²) >= 11 is 1.07. The Morgan fingerprint density at radius 3 is 2.55 bits per heavy atom. The van der Waals surface area contributed by atoms with Crippen molar-refractivity contribution in [3.63, 3.8) is 0 Å². The quantitative estimate of drug-likeness (QED) is 0.175. The number of ether oxygens (including phenoxy) is 3. The van der Waals surface area contributed by atoms with Crippen LogP contribution in [-0.2, 0) is 16.6 Å². The van der Waals surface area contributed by atoms with Gasteiger partial charge in [-0.2, -0.15) is 13.2 Å². The first kappa shape index (κ1) is 33.0. The second kappa shape index (κ2) is 13.3. The fraction of sp³-hybridized carbons (Fsp3) is 0.375. The Hall–Kier alpha value is -3.95. The van der Waals surface area contributed by atoms with Gasteiger partial charge in [0.1, 0.15) is 28.0 Å². The maximum Gasteiger partial charge on any atom is 0.391 e. The SMILES string of the molecule is COc1ccc(CN(c2nccs2)S(=O)(=O)c2cc3c(cc2F)C(N2CC[C@@H](C(F)(F)F)C[C@H]2c2ccccn2)CCO3)c(OC)c1. The molecule has 1 unspecified atom stereocenters. The minimum atomic E-state index is -4.56. The molecule has 1 fully saturated rings. The van der Waals surface area contributed by atoms with Gasteiger partial charge in [-0.15, -0.1) is 11.3 Å². The number of likely N-dealkylation sites (tertiary alicyclic amines) is 1. The molecule has 0 saturated carbocycles. The number of fused-ring (bicyclic) bond motifs is 1. The number of aromatic nitrogens is 2. The number of sulfonamides is 1. The number of alkyl halides is 3. The summed E-state index contributed by atoms with van der Waals surface area (Å²) in [5.74, 6) is -1.48. The third-order valence-electron chi connectivity index (χ3n) is 8.62. The Balaban J connectivity index is 1.37. The van der Waals surface area contributed by atoms with Crippen LogP contribution >= 0.6 is 11.3 Å². The van der Waals surface area contributed by atoms with Gasteiger partial charge in [0, 0.05) is 60.0 Å². The highest BCUT2D eigenvalue weighted by molar-refractivity contribution is 7.93. The van der Waals surface area contributed by atoms with Crippen LogP contribution in [0.1, 0.15) is 48.2 Å². The topological polar surface area (TPSA) is 94.1 Å². The summed E-state index contributed by atoms with van der Waals surface area (Å²) in [5.41, 5.74) is 1.35. The van der Waals surface area contributed by atoms with Gasteiger partial charge in [-0.3, -0.25) is 9.88 Å². The van der Waals surface area contributed by atoms with Crippen molar-refractivity contribution in [3.8, 4) is 17.2 Å². The third-order valence-corrected chi connectivity index (χ3v) is 11.3. The smallest absolute Gasteiger partial charge is 0.391 e. The molecule has 2 aliphatic rings. The van der Waals surface area contributed by atoms with Crippen LogP contribution in [-0.4, -0.2) is 56.8 Å². The van der Waals surface area contributed by atoms with Gasteiger partial charge in [0.2, 0.25) is 0 Å². The lowest BCUT2D eigenvalue weighted by molar-refractivity contribution is -0.192. The van der Waals surface area contributed by atoms with Crippen molar-refractivity contribution < 1.29 is 40.2 Å². The number of methoxy groups -OCH3 is 2. The van der Waals surface area contributed by atoms with Crippen LogP contribution in [0.5, 0.6) is 17.2 Å². The van der Waals surface area contributed by atoms with E-state index in [1.54, 1.807) is 41.8 Å². The maximum atomic E-state index is 16.1. The maximum absolute atomic E-state index is 16.1. The van der Waals surface area contributed by atoms with E-state index in [2.05, 4.69) is 9.97 Å². The van der Waals surface area contributed by atoms with Crippen molar-refractivity contribution in [1.82, 2.24) is 14.9 Å².